The lowest BCUT2D eigenvalue weighted by atomic mass is 9.91. The Balaban J connectivity index is 1.85. The van der Waals surface area contributed by atoms with Crippen LogP contribution in [0.25, 0.3) is 0 Å². The van der Waals surface area contributed by atoms with Crippen LogP contribution in [0.5, 0.6) is 0 Å². The lowest BCUT2D eigenvalue weighted by Crippen LogP contribution is -2.17. The molecule has 0 bridgehead atoms. The summed E-state index contributed by atoms with van der Waals surface area (Å²) >= 11 is 7.87. The maximum Gasteiger partial charge on any atom is 0.0975 e. The van der Waals surface area contributed by atoms with E-state index in [4.69, 9.17) is 22.3 Å². The summed E-state index contributed by atoms with van der Waals surface area (Å²) in [5, 5.41) is 1.98. The molecule has 3 rings (SSSR count). The van der Waals surface area contributed by atoms with Crippen LogP contribution in [0.2, 0.25) is 5.02 Å². The van der Waals surface area contributed by atoms with Crippen molar-refractivity contribution < 1.29 is 0 Å². The van der Waals surface area contributed by atoms with Crippen molar-refractivity contribution in [2.24, 2.45) is 5.73 Å². The number of benzene rings is 1. The highest BCUT2D eigenvalue weighted by Crippen LogP contribution is 2.34. The van der Waals surface area contributed by atoms with Gasteiger partial charge in [-0.05, 0) is 37.0 Å². The smallest absolute Gasteiger partial charge is 0.0975 e. The van der Waals surface area contributed by atoms with E-state index in [0.717, 1.165) is 11.4 Å². The molecule has 1 heterocycles. The van der Waals surface area contributed by atoms with Gasteiger partial charge in [0.15, 0.2) is 0 Å². The Morgan fingerprint density at radius 1 is 1.42 bits per heavy atom. The zero-order chi connectivity index (χ0) is 13.2. The highest BCUT2D eigenvalue weighted by Gasteiger charge is 2.23. The Hall–Kier alpha value is -0.900. The van der Waals surface area contributed by atoms with E-state index in [1.54, 1.807) is 0 Å². The largest absolute Gasteiger partial charge is 0.330 e. The molecule has 2 N–H and O–H groups in total. The van der Waals surface area contributed by atoms with Gasteiger partial charge in [0, 0.05) is 28.8 Å². The monoisotopic (exact) mass is 292 g/mol. The number of halogens is 1. The molecular formula is C15H17ClN2S. The predicted octanol–water partition coefficient (Wildman–Crippen LogP) is 3.77. The van der Waals surface area contributed by atoms with Crippen LogP contribution in [-0.4, -0.2) is 11.5 Å². The number of hydrogen-bond acceptors (Lipinski definition) is 3. The van der Waals surface area contributed by atoms with E-state index in [1.807, 2.05) is 29.5 Å². The minimum Gasteiger partial charge on any atom is -0.330 e. The Morgan fingerprint density at radius 3 is 3.11 bits per heavy atom. The van der Waals surface area contributed by atoms with Crippen molar-refractivity contribution >= 4 is 22.9 Å². The molecule has 1 unspecified atom stereocenters. The molecule has 0 saturated carbocycles. The summed E-state index contributed by atoms with van der Waals surface area (Å²) < 4.78 is 0. The Kier molecular flexibility index (Phi) is 3.87. The van der Waals surface area contributed by atoms with Gasteiger partial charge in [0.05, 0.1) is 10.7 Å². The molecule has 0 radical (unpaired) electrons. The molecule has 1 aliphatic carbocycles. The highest BCUT2D eigenvalue weighted by atomic mass is 35.5. The molecule has 1 aromatic heterocycles. The molecule has 0 spiro atoms. The summed E-state index contributed by atoms with van der Waals surface area (Å²) in [5.41, 5.74) is 8.33. The van der Waals surface area contributed by atoms with Crippen LogP contribution in [0.4, 0.5) is 0 Å². The van der Waals surface area contributed by atoms with Gasteiger partial charge in [-0.2, -0.15) is 0 Å². The van der Waals surface area contributed by atoms with Gasteiger partial charge in [-0.3, -0.25) is 0 Å². The summed E-state index contributed by atoms with van der Waals surface area (Å²) in [6.45, 7) is 0.716. The van der Waals surface area contributed by atoms with Gasteiger partial charge in [0.2, 0.25) is 0 Å². The lowest BCUT2D eigenvalue weighted by Gasteiger charge is -2.18. The molecule has 2 nitrogen and oxygen atoms in total. The first kappa shape index (κ1) is 13.1. The molecule has 0 aliphatic heterocycles. The fourth-order valence-corrected chi connectivity index (χ4v) is 4.13. The van der Waals surface area contributed by atoms with Crippen molar-refractivity contribution in [3.63, 3.8) is 0 Å². The van der Waals surface area contributed by atoms with E-state index < -0.39 is 0 Å². The third-order valence-corrected chi connectivity index (χ3v) is 5.01. The fraction of sp³-hybridized carbons (Fsp3) is 0.400. The Morgan fingerprint density at radius 2 is 2.32 bits per heavy atom. The van der Waals surface area contributed by atoms with E-state index in [2.05, 4.69) is 6.07 Å². The zero-order valence-electron chi connectivity index (χ0n) is 10.7. The van der Waals surface area contributed by atoms with Gasteiger partial charge in [-0.15, -0.1) is 11.3 Å². The highest BCUT2D eigenvalue weighted by molar-refractivity contribution is 7.11. The van der Waals surface area contributed by atoms with Crippen LogP contribution in [0, 0.1) is 0 Å². The van der Waals surface area contributed by atoms with Crippen LogP contribution in [-0.2, 0) is 12.8 Å². The number of rotatable bonds is 3. The van der Waals surface area contributed by atoms with Crippen molar-refractivity contribution in [3.05, 3.63) is 50.4 Å². The van der Waals surface area contributed by atoms with Gasteiger partial charge in [0.25, 0.3) is 0 Å². The molecule has 0 fully saturated rings. The number of nitrogens with zero attached hydrogens (tertiary/aromatic N) is 1. The second-order valence-electron chi connectivity index (χ2n) is 5.05. The average molecular weight is 293 g/mol. The van der Waals surface area contributed by atoms with Gasteiger partial charge >= 0.3 is 0 Å². The van der Waals surface area contributed by atoms with E-state index in [0.29, 0.717) is 12.5 Å². The first-order valence-corrected chi connectivity index (χ1v) is 7.88. The molecule has 19 heavy (non-hydrogen) atoms. The normalized spacial score (nSPS) is 18.3. The Bertz CT molecular complexity index is 579. The molecule has 2 aromatic rings. The summed E-state index contributed by atoms with van der Waals surface area (Å²) in [7, 11) is 0. The molecule has 1 aromatic carbocycles. The molecule has 0 amide bonds. The van der Waals surface area contributed by atoms with Crippen molar-refractivity contribution in [3.8, 4) is 0 Å². The van der Waals surface area contributed by atoms with Gasteiger partial charge < -0.3 is 5.73 Å². The number of thiazole rings is 1. The standard InChI is InChI=1S/C15H17ClN2S/c16-12-5-1-3-10(7-12)8-14-18-15-11(9-17)4-2-6-13(15)19-14/h1,3,5,7,11H,2,4,6,8-9,17H2. The topological polar surface area (TPSA) is 38.9 Å². The average Bonchev–Trinajstić information content (AvgIpc) is 2.80. The Labute approximate surface area is 122 Å². The summed E-state index contributed by atoms with van der Waals surface area (Å²) in [6, 6.07) is 8.02. The van der Waals surface area contributed by atoms with E-state index >= 15 is 0 Å². The number of aromatic nitrogens is 1. The maximum atomic E-state index is 6.02. The summed E-state index contributed by atoms with van der Waals surface area (Å²) in [5.74, 6) is 0.466. The van der Waals surface area contributed by atoms with Crippen molar-refractivity contribution in [2.75, 3.05) is 6.54 Å². The SMILES string of the molecule is NCC1CCCc2sc(Cc3cccc(Cl)c3)nc21. The zero-order valence-corrected chi connectivity index (χ0v) is 12.3. The minimum atomic E-state index is 0.466. The van der Waals surface area contributed by atoms with E-state index in [9.17, 15) is 0 Å². The summed E-state index contributed by atoms with van der Waals surface area (Å²) in [4.78, 5) is 6.27. The maximum absolute atomic E-state index is 6.02. The molecule has 1 aliphatic rings. The fourth-order valence-electron chi connectivity index (χ4n) is 2.68. The summed E-state index contributed by atoms with van der Waals surface area (Å²) in [6.07, 6.45) is 4.46. The quantitative estimate of drug-likeness (QED) is 0.935. The third-order valence-electron chi connectivity index (χ3n) is 3.64. The molecule has 0 saturated heterocycles. The van der Waals surface area contributed by atoms with Crippen LogP contribution in [0.15, 0.2) is 24.3 Å². The van der Waals surface area contributed by atoms with E-state index in [1.165, 1.54) is 40.4 Å². The van der Waals surface area contributed by atoms with Gasteiger partial charge in [0.1, 0.15) is 0 Å². The molecule has 1 atom stereocenters. The lowest BCUT2D eigenvalue weighted by molar-refractivity contribution is 0.553. The van der Waals surface area contributed by atoms with Crippen LogP contribution < -0.4 is 5.73 Å². The second-order valence-corrected chi connectivity index (χ2v) is 6.65. The second kappa shape index (κ2) is 5.61. The van der Waals surface area contributed by atoms with Gasteiger partial charge in [-0.25, -0.2) is 4.98 Å². The van der Waals surface area contributed by atoms with Crippen molar-refractivity contribution in [1.29, 1.82) is 0 Å². The molecular weight excluding hydrogens is 276 g/mol. The number of nitrogens with two attached hydrogens (primary N) is 1. The van der Waals surface area contributed by atoms with Crippen molar-refractivity contribution in [1.82, 2.24) is 4.98 Å². The van der Waals surface area contributed by atoms with E-state index in [-0.39, 0.29) is 0 Å². The van der Waals surface area contributed by atoms with Crippen molar-refractivity contribution in [2.45, 2.75) is 31.6 Å². The van der Waals surface area contributed by atoms with Gasteiger partial charge in [-0.1, -0.05) is 23.7 Å². The van der Waals surface area contributed by atoms with Crippen LogP contribution in [0.3, 0.4) is 0 Å². The molecule has 100 valence electrons. The number of aryl methyl sites for hydroxylation is 1. The molecule has 4 heteroatoms. The van der Waals surface area contributed by atoms with Crippen LogP contribution >= 0.6 is 22.9 Å². The third kappa shape index (κ3) is 2.83. The minimum absolute atomic E-state index is 0.466. The predicted molar refractivity (Wildman–Crippen MR) is 81.1 cm³/mol. The first-order chi connectivity index (χ1) is 9.26. The number of hydrogen-bond donors (Lipinski definition) is 1. The van der Waals surface area contributed by atoms with Crippen LogP contribution in [0.1, 0.15) is 39.9 Å². The first-order valence-electron chi connectivity index (χ1n) is 6.69. The number of fused-ring (bicyclic) bond motifs is 1.